The molecule has 0 aliphatic heterocycles. The minimum absolute atomic E-state index is 0.0145. The fourth-order valence-corrected chi connectivity index (χ4v) is 0.433. The quantitative estimate of drug-likeness (QED) is 0.575. The zero-order valence-electron chi connectivity index (χ0n) is 7.10. The van der Waals surface area contributed by atoms with Gasteiger partial charge in [-0.15, -0.1) is 0 Å². The number of nitrogens with one attached hydrogen (secondary N) is 1. The maximum Gasteiger partial charge on any atom is 0.237 e. The van der Waals surface area contributed by atoms with Gasteiger partial charge in [0.15, 0.2) is 0 Å². The van der Waals surface area contributed by atoms with Crippen LogP contribution in [-0.2, 0) is 9.59 Å². The largest absolute Gasteiger partial charge is 0.368 e. The van der Waals surface area contributed by atoms with E-state index < -0.39 is 11.4 Å². The van der Waals surface area contributed by atoms with E-state index in [2.05, 4.69) is 5.32 Å². The lowest BCUT2D eigenvalue weighted by Crippen LogP contribution is -2.51. The molecule has 0 aromatic heterocycles. The minimum atomic E-state index is -0.800. The number of primary amides is 1. The molecule has 0 unspecified atom stereocenters. The molecule has 4 heteroatoms. The number of hydrogen-bond donors (Lipinski definition) is 2. The Labute approximate surface area is 66.1 Å². The summed E-state index contributed by atoms with van der Waals surface area (Å²) in [5.41, 5.74) is 4.24. The average Bonchev–Trinajstić information content (AvgIpc) is 1.84. The highest BCUT2D eigenvalue weighted by atomic mass is 16.1. The first-order valence-electron chi connectivity index (χ1n) is 3.40. The van der Waals surface area contributed by atoms with Crippen molar-refractivity contribution in [3.63, 3.8) is 0 Å². The molecule has 0 fully saturated rings. The topological polar surface area (TPSA) is 72.2 Å². The lowest BCUT2D eigenvalue weighted by atomic mass is 10.1. The van der Waals surface area contributed by atoms with E-state index in [1.807, 2.05) is 0 Å². The third-order valence-electron chi connectivity index (χ3n) is 1.40. The second kappa shape index (κ2) is 3.48. The maximum atomic E-state index is 10.7. The van der Waals surface area contributed by atoms with Crippen LogP contribution in [0.5, 0.6) is 0 Å². The summed E-state index contributed by atoms with van der Waals surface area (Å²) >= 11 is 0. The first kappa shape index (κ1) is 10.1. The number of rotatable bonds is 4. The van der Waals surface area contributed by atoms with Crippen molar-refractivity contribution in [2.45, 2.75) is 26.3 Å². The molecule has 3 N–H and O–H groups in total. The highest BCUT2D eigenvalue weighted by Crippen LogP contribution is 1.98. The first-order valence-corrected chi connectivity index (χ1v) is 3.40. The van der Waals surface area contributed by atoms with E-state index in [-0.39, 0.29) is 12.3 Å². The molecule has 0 aromatic rings. The van der Waals surface area contributed by atoms with E-state index in [0.717, 1.165) is 0 Å². The van der Waals surface area contributed by atoms with Gasteiger partial charge >= 0.3 is 0 Å². The van der Waals surface area contributed by atoms with Crippen LogP contribution >= 0.6 is 0 Å². The molecule has 0 heterocycles. The summed E-state index contributed by atoms with van der Waals surface area (Å²) in [4.78, 5) is 21.2. The molecule has 64 valence electrons. The highest BCUT2D eigenvalue weighted by Gasteiger charge is 2.23. The van der Waals surface area contributed by atoms with Crippen LogP contribution in [0.1, 0.15) is 20.8 Å². The van der Waals surface area contributed by atoms with Crippen LogP contribution in [0.15, 0.2) is 0 Å². The van der Waals surface area contributed by atoms with Gasteiger partial charge in [-0.1, -0.05) is 0 Å². The van der Waals surface area contributed by atoms with E-state index >= 15 is 0 Å². The summed E-state index contributed by atoms with van der Waals surface area (Å²) in [6, 6.07) is 0. The molecular formula is C7H14N2O2. The molecule has 11 heavy (non-hydrogen) atoms. The number of Topliss-reactive ketones (excluding diaryl/α,β-unsaturated/α-hetero) is 1. The number of carbonyl (C=O) groups is 2. The Kier molecular flexibility index (Phi) is 3.19. The summed E-state index contributed by atoms with van der Waals surface area (Å²) in [6.07, 6.45) is 0. The third-order valence-corrected chi connectivity index (χ3v) is 1.40. The summed E-state index contributed by atoms with van der Waals surface area (Å²) in [7, 11) is 0. The summed E-state index contributed by atoms with van der Waals surface area (Å²) in [6.45, 7) is 4.90. The molecule has 0 aliphatic rings. The fraction of sp³-hybridized carbons (Fsp3) is 0.714. The lowest BCUT2D eigenvalue weighted by Gasteiger charge is -2.21. The van der Waals surface area contributed by atoms with Gasteiger partial charge in [0.2, 0.25) is 5.91 Å². The van der Waals surface area contributed by atoms with Crippen LogP contribution in [0.25, 0.3) is 0 Å². The zero-order chi connectivity index (χ0) is 9.07. The molecule has 0 atom stereocenters. The number of amides is 1. The van der Waals surface area contributed by atoms with Gasteiger partial charge in [0.25, 0.3) is 0 Å². The van der Waals surface area contributed by atoms with E-state index in [4.69, 9.17) is 5.73 Å². The SMILES string of the molecule is CC(=O)CNC(C)(C)C(N)=O. The van der Waals surface area contributed by atoms with Gasteiger partial charge in [0.1, 0.15) is 5.78 Å². The smallest absolute Gasteiger partial charge is 0.237 e. The zero-order valence-corrected chi connectivity index (χ0v) is 7.10. The lowest BCUT2D eigenvalue weighted by molar-refractivity contribution is -0.123. The van der Waals surface area contributed by atoms with Crippen molar-refractivity contribution in [2.24, 2.45) is 5.73 Å². The Morgan fingerprint density at radius 2 is 1.91 bits per heavy atom. The molecule has 0 aliphatic carbocycles. The van der Waals surface area contributed by atoms with Crippen LogP contribution in [0.4, 0.5) is 0 Å². The van der Waals surface area contributed by atoms with Crippen molar-refractivity contribution in [3.8, 4) is 0 Å². The molecular weight excluding hydrogens is 144 g/mol. The molecule has 0 spiro atoms. The van der Waals surface area contributed by atoms with Gasteiger partial charge in [0, 0.05) is 0 Å². The average molecular weight is 158 g/mol. The Balaban J connectivity index is 3.92. The maximum absolute atomic E-state index is 10.7. The molecule has 0 saturated carbocycles. The van der Waals surface area contributed by atoms with E-state index in [9.17, 15) is 9.59 Å². The third kappa shape index (κ3) is 3.72. The van der Waals surface area contributed by atoms with Gasteiger partial charge in [-0.2, -0.15) is 0 Å². The van der Waals surface area contributed by atoms with Gasteiger partial charge in [0.05, 0.1) is 12.1 Å². The van der Waals surface area contributed by atoms with Gasteiger partial charge < -0.3 is 5.73 Å². The molecule has 0 saturated heterocycles. The van der Waals surface area contributed by atoms with Crippen LogP contribution in [-0.4, -0.2) is 23.8 Å². The molecule has 0 rings (SSSR count). The van der Waals surface area contributed by atoms with Crippen molar-refractivity contribution < 1.29 is 9.59 Å². The number of hydrogen-bond acceptors (Lipinski definition) is 3. The normalized spacial score (nSPS) is 11.2. The summed E-state index contributed by atoms with van der Waals surface area (Å²) < 4.78 is 0. The van der Waals surface area contributed by atoms with Crippen LogP contribution in [0.3, 0.4) is 0 Å². The van der Waals surface area contributed by atoms with Crippen molar-refractivity contribution >= 4 is 11.7 Å². The Hall–Kier alpha value is -0.900. The van der Waals surface area contributed by atoms with E-state index in [1.165, 1.54) is 6.92 Å². The van der Waals surface area contributed by atoms with Crippen molar-refractivity contribution in [2.75, 3.05) is 6.54 Å². The summed E-state index contributed by atoms with van der Waals surface area (Å²) in [5.74, 6) is -0.474. The second-order valence-electron chi connectivity index (χ2n) is 3.04. The predicted octanol–water partition coefficient (Wildman–Crippen LogP) is -0.571. The van der Waals surface area contributed by atoms with Crippen LogP contribution < -0.4 is 11.1 Å². The Morgan fingerprint density at radius 3 is 2.18 bits per heavy atom. The Bertz CT molecular complexity index is 175. The minimum Gasteiger partial charge on any atom is -0.368 e. The first-order chi connectivity index (χ1) is 4.86. The van der Waals surface area contributed by atoms with E-state index in [1.54, 1.807) is 13.8 Å². The summed E-state index contributed by atoms with van der Waals surface area (Å²) in [5, 5.41) is 2.73. The number of nitrogens with two attached hydrogens (primary N) is 1. The Morgan fingerprint density at radius 1 is 1.45 bits per heavy atom. The van der Waals surface area contributed by atoms with Crippen molar-refractivity contribution in [3.05, 3.63) is 0 Å². The highest BCUT2D eigenvalue weighted by molar-refractivity contribution is 5.85. The fourth-order valence-electron chi connectivity index (χ4n) is 0.433. The van der Waals surface area contributed by atoms with Crippen LogP contribution in [0.2, 0.25) is 0 Å². The molecule has 1 amide bonds. The van der Waals surface area contributed by atoms with Crippen LogP contribution in [0, 0.1) is 0 Å². The molecule has 4 nitrogen and oxygen atoms in total. The van der Waals surface area contributed by atoms with Gasteiger partial charge in [-0.3, -0.25) is 14.9 Å². The van der Waals surface area contributed by atoms with Gasteiger partial charge in [-0.25, -0.2) is 0 Å². The molecule has 0 radical (unpaired) electrons. The second-order valence-corrected chi connectivity index (χ2v) is 3.04. The number of carbonyl (C=O) groups excluding carboxylic acids is 2. The van der Waals surface area contributed by atoms with Crippen molar-refractivity contribution in [1.82, 2.24) is 5.32 Å². The molecule has 0 aromatic carbocycles. The monoisotopic (exact) mass is 158 g/mol. The standard InChI is InChI=1S/C7H14N2O2/c1-5(10)4-9-7(2,3)6(8)11/h9H,4H2,1-3H3,(H2,8,11). The van der Waals surface area contributed by atoms with Crippen molar-refractivity contribution in [1.29, 1.82) is 0 Å². The van der Waals surface area contributed by atoms with Gasteiger partial charge in [-0.05, 0) is 20.8 Å². The van der Waals surface area contributed by atoms with E-state index in [0.29, 0.717) is 0 Å². The predicted molar refractivity (Wildman–Crippen MR) is 42.0 cm³/mol. The molecule has 0 bridgehead atoms. The number of ketones is 1.